The number of hydrogen-bond donors (Lipinski definition) is 1. The third-order valence-electron chi connectivity index (χ3n) is 5.18. The van der Waals surface area contributed by atoms with Crippen molar-refractivity contribution in [2.45, 2.75) is 34.1 Å². The van der Waals surface area contributed by atoms with E-state index in [-0.39, 0.29) is 5.57 Å². The monoisotopic (exact) mass is 509 g/mol. The molecule has 0 saturated carbocycles. The van der Waals surface area contributed by atoms with Crippen LogP contribution in [-0.4, -0.2) is 10.5 Å². The Balaban J connectivity index is 1.95. The largest absolute Gasteiger partial charge is 0.321 e. The molecule has 0 spiro atoms. The predicted octanol–water partition coefficient (Wildman–Crippen LogP) is 6.12. The molecule has 1 aromatic heterocycles. The zero-order valence-corrected chi connectivity index (χ0v) is 19.7. The highest BCUT2D eigenvalue weighted by Crippen LogP contribution is 2.25. The molecule has 0 fully saturated rings. The van der Waals surface area contributed by atoms with Gasteiger partial charge in [0.1, 0.15) is 11.6 Å². The minimum Gasteiger partial charge on any atom is -0.321 e. The van der Waals surface area contributed by atoms with Gasteiger partial charge in [-0.1, -0.05) is 25.1 Å². The first-order chi connectivity index (χ1) is 14.3. The molecule has 1 N–H and O–H groups in total. The van der Waals surface area contributed by atoms with Gasteiger partial charge < -0.3 is 9.88 Å². The Labute approximate surface area is 191 Å². The second kappa shape index (κ2) is 9.31. The number of aromatic nitrogens is 1. The summed E-state index contributed by atoms with van der Waals surface area (Å²) in [7, 11) is 0. The third-order valence-corrected chi connectivity index (χ3v) is 6.39. The van der Waals surface area contributed by atoms with Gasteiger partial charge in [0.2, 0.25) is 0 Å². The van der Waals surface area contributed by atoms with E-state index in [1.54, 1.807) is 6.08 Å². The van der Waals surface area contributed by atoms with Crippen LogP contribution in [0.3, 0.4) is 0 Å². The standard InChI is InChI=1S/C25H24IN3O/c1-5-19-8-6-7-9-24(19)28-25(30)21(15-27)14-20-13-17(3)29(18(20)4)22-10-11-23(26)16(2)12-22/h6-14H,5H2,1-4H3,(H,28,30)/b21-14-. The van der Waals surface area contributed by atoms with Gasteiger partial charge in [-0.2, -0.15) is 5.26 Å². The highest BCUT2D eigenvalue weighted by molar-refractivity contribution is 14.1. The molecule has 0 radical (unpaired) electrons. The van der Waals surface area contributed by atoms with Crippen molar-refractivity contribution < 1.29 is 4.79 Å². The van der Waals surface area contributed by atoms with Crippen LogP contribution in [0.15, 0.2) is 54.1 Å². The van der Waals surface area contributed by atoms with Crippen LogP contribution < -0.4 is 5.32 Å². The first kappa shape index (κ1) is 21.8. The van der Waals surface area contributed by atoms with Gasteiger partial charge in [-0.15, -0.1) is 0 Å². The molecular weight excluding hydrogens is 485 g/mol. The smallest absolute Gasteiger partial charge is 0.266 e. The van der Waals surface area contributed by atoms with E-state index >= 15 is 0 Å². The number of nitrogens with one attached hydrogen (secondary N) is 1. The Hall–Kier alpha value is -2.85. The molecule has 0 saturated heterocycles. The summed E-state index contributed by atoms with van der Waals surface area (Å²) in [5.74, 6) is -0.395. The lowest BCUT2D eigenvalue weighted by Gasteiger charge is -2.11. The van der Waals surface area contributed by atoms with E-state index in [1.807, 2.05) is 51.1 Å². The molecule has 4 nitrogen and oxygen atoms in total. The zero-order valence-electron chi connectivity index (χ0n) is 17.6. The number of carbonyl (C=O) groups is 1. The van der Waals surface area contributed by atoms with Gasteiger partial charge in [0, 0.05) is 26.3 Å². The van der Waals surface area contributed by atoms with Crippen LogP contribution in [0.25, 0.3) is 11.8 Å². The van der Waals surface area contributed by atoms with Crippen LogP contribution in [0, 0.1) is 35.7 Å². The lowest BCUT2D eigenvalue weighted by molar-refractivity contribution is -0.112. The molecule has 0 aliphatic rings. The number of para-hydroxylation sites is 1. The Morgan fingerprint density at radius 2 is 1.90 bits per heavy atom. The van der Waals surface area contributed by atoms with Crippen molar-refractivity contribution in [2.75, 3.05) is 5.32 Å². The summed E-state index contributed by atoms with van der Waals surface area (Å²) in [5.41, 5.74) is 7.04. The summed E-state index contributed by atoms with van der Waals surface area (Å²) in [6.07, 6.45) is 2.47. The normalized spacial score (nSPS) is 11.3. The van der Waals surface area contributed by atoms with Crippen molar-refractivity contribution in [3.63, 3.8) is 0 Å². The number of carbonyl (C=O) groups excluding carboxylic acids is 1. The fraction of sp³-hybridized carbons (Fsp3) is 0.200. The fourth-order valence-corrected chi connectivity index (χ4v) is 3.88. The molecule has 1 amide bonds. The number of amides is 1. The van der Waals surface area contributed by atoms with Gasteiger partial charge >= 0.3 is 0 Å². The van der Waals surface area contributed by atoms with Gasteiger partial charge in [-0.05, 0) is 103 Å². The number of rotatable bonds is 5. The molecule has 5 heteroatoms. The summed E-state index contributed by atoms with van der Waals surface area (Å²) in [6.45, 7) is 8.16. The minimum atomic E-state index is -0.395. The second-order valence-corrected chi connectivity index (χ2v) is 8.39. The number of nitrogens with zero attached hydrogens (tertiary/aromatic N) is 2. The second-order valence-electron chi connectivity index (χ2n) is 7.23. The van der Waals surface area contributed by atoms with Crippen molar-refractivity contribution in [3.05, 3.63) is 85.8 Å². The van der Waals surface area contributed by atoms with Gasteiger partial charge in [-0.25, -0.2) is 0 Å². The maximum absolute atomic E-state index is 12.8. The van der Waals surface area contributed by atoms with Gasteiger partial charge in [0.25, 0.3) is 5.91 Å². The maximum atomic E-state index is 12.8. The van der Waals surface area contributed by atoms with E-state index in [4.69, 9.17) is 0 Å². The Morgan fingerprint density at radius 1 is 1.17 bits per heavy atom. The topological polar surface area (TPSA) is 57.8 Å². The molecule has 30 heavy (non-hydrogen) atoms. The third kappa shape index (κ3) is 4.49. The fourth-order valence-electron chi connectivity index (χ4n) is 3.54. The van der Waals surface area contributed by atoms with E-state index in [0.29, 0.717) is 0 Å². The quantitative estimate of drug-likeness (QED) is 0.256. The average Bonchev–Trinajstić information content (AvgIpc) is 3.01. The molecule has 0 atom stereocenters. The van der Waals surface area contributed by atoms with Crippen LogP contribution in [0.1, 0.15) is 35.0 Å². The molecule has 0 aliphatic heterocycles. The molecule has 0 bridgehead atoms. The lowest BCUT2D eigenvalue weighted by Crippen LogP contribution is -2.14. The minimum absolute atomic E-state index is 0.0833. The van der Waals surface area contributed by atoms with Gasteiger partial charge in [-0.3, -0.25) is 4.79 Å². The first-order valence-corrected chi connectivity index (χ1v) is 10.9. The van der Waals surface area contributed by atoms with Gasteiger partial charge in [0.15, 0.2) is 0 Å². The highest BCUT2D eigenvalue weighted by atomic mass is 127. The van der Waals surface area contributed by atoms with Crippen molar-refractivity contribution >= 4 is 40.3 Å². The SMILES string of the molecule is CCc1ccccc1NC(=O)/C(C#N)=C\c1cc(C)n(-c2ccc(I)c(C)c2)c1C. The van der Waals surface area contributed by atoms with E-state index in [9.17, 15) is 10.1 Å². The van der Waals surface area contributed by atoms with E-state index in [2.05, 4.69) is 63.7 Å². The summed E-state index contributed by atoms with van der Waals surface area (Å²) >= 11 is 2.33. The van der Waals surface area contributed by atoms with Crippen molar-refractivity contribution in [3.8, 4) is 11.8 Å². The molecule has 0 aliphatic carbocycles. The van der Waals surface area contributed by atoms with Crippen molar-refractivity contribution in [1.82, 2.24) is 4.57 Å². The van der Waals surface area contributed by atoms with Crippen molar-refractivity contribution in [2.24, 2.45) is 0 Å². The molecular formula is C25H24IN3O. The van der Waals surface area contributed by atoms with Crippen LogP contribution in [0.5, 0.6) is 0 Å². The summed E-state index contributed by atoms with van der Waals surface area (Å²) < 4.78 is 3.36. The summed E-state index contributed by atoms with van der Waals surface area (Å²) in [4.78, 5) is 12.8. The van der Waals surface area contributed by atoms with Crippen molar-refractivity contribution in [1.29, 1.82) is 5.26 Å². The summed E-state index contributed by atoms with van der Waals surface area (Å²) in [6, 6.07) is 18.0. The Kier molecular flexibility index (Phi) is 6.78. The maximum Gasteiger partial charge on any atom is 0.266 e. The molecule has 3 rings (SSSR count). The van der Waals surface area contributed by atoms with Crippen LogP contribution in [0.2, 0.25) is 0 Å². The number of hydrogen-bond acceptors (Lipinski definition) is 2. The van der Waals surface area contributed by atoms with Gasteiger partial charge in [0.05, 0.1) is 0 Å². The first-order valence-electron chi connectivity index (χ1n) is 9.82. The Bertz CT molecular complexity index is 1180. The van der Waals surface area contributed by atoms with Crippen LogP contribution in [0.4, 0.5) is 5.69 Å². The zero-order chi connectivity index (χ0) is 21.8. The molecule has 1 heterocycles. The summed E-state index contributed by atoms with van der Waals surface area (Å²) in [5, 5.41) is 12.5. The molecule has 152 valence electrons. The molecule has 3 aromatic rings. The number of nitriles is 1. The number of halogens is 1. The van der Waals surface area contributed by atoms with E-state index < -0.39 is 5.91 Å². The van der Waals surface area contributed by atoms with E-state index in [1.165, 1.54) is 9.13 Å². The van der Waals surface area contributed by atoms with E-state index in [0.717, 1.165) is 40.3 Å². The number of aryl methyl sites for hydroxylation is 3. The molecule has 2 aromatic carbocycles. The average molecular weight is 509 g/mol. The Morgan fingerprint density at radius 3 is 2.57 bits per heavy atom. The predicted molar refractivity (Wildman–Crippen MR) is 131 cm³/mol. The number of benzene rings is 2. The lowest BCUT2D eigenvalue weighted by atomic mass is 10.1. The number of anilines is 1. The highest BCUT2D eigenvalue weighted by Gasteiger charge is 2.15. The van der Waals surface area contributed by atoms with Crippen LogP contribution >= 0.6 is 22.6 Å². The van der Waals surface area contributed by atoms with Crippen LogP contribution in [-0.2, 0) is 11.2 Å². The molecule has 0 unspecified atom stereocenters.